The van der Waals surface area contributed by atoms with Crippen molar-refractivity contribution in [3.8, 4) is 0 Å². The first-order valence-corrected chi connectivity index (χ1v) is 7.24. The standard InChI is InChI=1S/C15H24O4/c1-14(2,3)19-13(17)18-12(16)11-5-9-15(10-6-11)7-4-8-15/h11H,4-10H2,1-3H3. The summed E-state index contributed by atoms with van der Waals surface area (Å²) in [6.45, 7) is 5.25. The number of rotatable bonds is 1. The molecule has 2 fully saturated rings. The number of ether oxygens (including phenoxy) is 2. The van der Waals surface area contributed by atoms with Crippen molar-refractivity contribution in [3.05, 3.63) is 0 Å². The molecule has 2 rings (SSSR count). The molecule has 0 amide bonds. The van der Waals surface area contributed by atoms with Crippen LogP contribution >= 0.6 is 0 Å². The molecule has 0 aromatic heterocycles. The summed E-state index contributed by atoms with van der Waals surface area (Å²) in [5.74, 6) is -0.540. The monoisotopic (exact) mass is 268 g/mol. The molecule has 1 spiro atoms. The molecular formula is C15H24O4. The summed E-state index contributed by atoms with van der Waals surface area (Å²) in [5, 5.41) is 0. The highest BCUT2D eigenvalue weighted by molar-refractivity contribution is 5.83. The van der Waals surface area contributed by atoms with Crippen LogP contribution in [0, 0.1) is 11.3 Å². The fourth-order valence-electron chi connectivity index (χ4n) is 3.08. The zero-order valence-electron chi connectivity index (χ0n) is 12.2. The minimum atomic E-state index is -0.874. The Morgan fingerprint density at radius 3 is 2.05 bits per heavy atom. The van der Waals surface area contributed by atoms with Crippen molar-refractivity contribution in [2.24, 2.45) is 11.3 Å². The van der Waals surface area contributed by atoms with Gasteiger partial charge in [0, 0.05) is 0 Å². The maximum atomic E-state index is 11.9. The molecule has 0 unspecified atom stereocenters. The number of esters is 1. The first kappa shape index (κ1) is 14.4. The molecule has 0 N–H and O–H groups in total. The Kier molecular flexibility index (Phi) is 3.88. The fourth-order valence-corrected chi connectivity index (χ4v) is 3.08. The van der Waals surface area contributed by atoms with E-state index in [0.29, 0.717) is 5.41 Å². The SMILES string of the molecule is CC(C)(C)OC(=O)OC(=O)C1CCC2(CCC2)CC1. The van der Waals surface area contributed by atoms with Crippen LogP contribution in [-0.2, 0) is 14.3 Å². The quantitative estimate of drug-likeness (QED) is 0.536. The van der Waals surface area contributed by atoms with Gasteiger partial charge in [0.2, 0.25) is 0 Å². The Balaban J connectivity index is 1.76. The lowest BCUT2D eigenvalue weighted by Crippen LogP contribution is -2.37. The van der Waals surface area contributed by atoms with Crippen LogP contribution in [-0.4, -0.2) is 17.7 Å². The molecule has 0 aliphatic heterocycles. The van der Waals surface area contributed by atoms with Gasteiger partial charge in [-0.2, -0.15) is 0 Å². The van der Waals surface area contributed by atoms with E-state index in [2.05, 4.69) is 0 Å². The molecule has 4 heteroatoms. The van der Waals surface area contributed by atoms with Gasteiger partial charge in [-0.15, -0.1) is 0 Å². The molecule has 4 nitrogen and oxygen atoms in total. The highest BCUT2D eigenvalue weighted by Crippen LogP contribution is 2.52. The molecule has 108 valence electrons. The summed E-state index contributed by atoms with van der Waals surface area (Å²) in [5.41, 5.74) is -0.109. The summed E-state index contributed by atoms with van der Waals surface area (Å²) in [7, 11) is 0. The molecular weight excluding hydrogens is 244 g/mol. The first-order chi connectivity index (χ1) is 8.80. The van der Waals surface area contributed by atoms with Crippen LogP contribution in [0.1, 0.15) is 65.7 Å². The summed E-state index contributed by atoms with van der Waals surface area (Å²) < 4.78 is 9.78. The lowest BCUT2D eigenvalue weighted by Gasteiger charge is -2.46. The minimum Gasteiger partial charge on any atom is -0.428 e. The van der Waals surface area contributed by atoms with Crippen molar-refractivity contribution < 1.29 is 19.1 Å². The highest BCUT2D eigenvalue weighted by atomic mass is 16.7. The molecule has 2 saturated carbocycles. The second-order valence-electron chi connectivity index (χ2n) is 7.01. The lowest BCUT2D eigenvalue weighted by molar-refractivity contribution is -0.148. The van der Waals surface area contributed by atoms with Crippen LogP contribution in [0.3, 0.4) is 0 Å². The number of hydrogen-bond donors (Lipinski definition) is 0. The van der Waals surface area contributed by atoms with E-state index < -0.39 is 17.7 Å². The Labute approximate surface area is 114 Å². The van der Waals surface area contributed by atoms with Gasteiger partial charge in [0.05, 0.1) is 5.92 Å². The second kappa shape index (κ2) is 5.14. The highest BCUT2D eigenvalue weighted by Gasteiger charge is 2.42. The van der Waals surface area contributed by atoms with E-state index in [-0.39, 0.29) is 5.92 Å². The van der Waals surface area contributed by atoms with Gasteiger partial charge >= 0.3 is 12.1 Å². The third-order valence-corrected chi connectivity index (χ3v) is 4.37. The summed E-state index contributed by atoms with van der Waals surface area (Å²) in [4.78, 5) is 23.3. The predicted molar refractivity (Wildman–Crippen MR) is 70.6 cm³/mol. The van der Waals surface area contributed by atoms with Gasteiger partial charge < -0.3 is 9.47 Å². The van der Waals surface area contributed by atoms with E-state index in [1.54, 1.807) is 20.8 Å². The Morgan fingerprint density at radius 2 is 1.63 bits per heavy atom. The van der Waals surface area contributed by atoms with E-state index >= 15 is 0 Å². The van der Waals surface area contributed by atoms with E-state index in [1.807, 2.05) is 0 Å². The zero-order chi connectivity index (χ0) is 14.1. The van der Waals surface area contributed by atoms with Crippen LogP contribution in [0.5, 0.6) is 0 Å². The Hall–Kier alpha value is -1.06. The average molecular weight is 268 g/mol. The van der Waals surface area contributed by atoms with Crippen molar-refractivity contribution in [2.45, 2.75) is 71.3 Å². The van der Waals surface area contributed by atoms with Gasteiger partial charge in [0.1, 0.15) is 5.60 Å². The third kappa shape index (κ3) is 3.71. The van der Waals surface area contributed by atoms with E-state index in [9.17, 15) is 9.59 Å². The van der Waals surface area contributed by atoms with Crippen LogP contribution in [0.25, 0.3) is 0 Å². The molecule has 0 bridgehead atoms. The molecule has 0 aromatic rings. The maximum Gasteiger partial charge on any atom is 0.516 e. The largest absolute Gasteiger partial charge is 0.516 e. The van der Waals surface area contributed by atoms with Crippen molar-refractivity contribution in [1.82, 2.24) is 0 Å². The van der Waals surface area contributed by atoms with Crippen molar-refractivity contribution in [2.75, 3.05) is 0 Å². The summed E-state index contributed by atoms with van der Waals surface area (Å²) >= 11 is 0. The van der Waals surface area contributed by atoms with Crippen LogP contribution in [0.4, 0.5) is 4.79 Å². The molecule has 0 radical (unpaired) electrons. The second-order valence-corrected chi connectivity index (χ2v) is 7.01. The molecule has 0 aromatic carbocycles. The van der Waals surface area contributed by atoms with E-state index in [4.69, 9.17) is 9.47 Å². The van der Waals surface area contributed by atoms with Gasteiger partial charge in [-0.1, -0.05) is 6.42 Å². The van der Waals surface area contributed by atoms with E-state index in [1.165, 1.54) is 19.3 Å². The molecule has 19 heavy (non-hydrogen) atoms. The Bertz CT molecular complexity index is 353. The molecule has 2 aliphatic carbocycles. The van der Waals surface area contributed by atoms with Gasteiger partial charge in [-0.05, 0) is 64.7 Å². The average Bonchev–Trinajstić information content (AvgIpc) is 2.24. The fraction of sp³-hybridized carbons (Fsp3) is 0.867. The van der Waals surface area contributed by atoms with Gasteiger partial charge in [0.25, 0.3) is 0 Å². The van der Waals surface area contributed by atoms with E-state index in [0.717, 1.165) is 25.7 Å². The molecule has 0 saturated heterocycles. The minimum absolute atomic E-state index is 0.126. The number of carbonyl (C=O) groups excluding carboxylic acids is 2. The predicted octanol–water partition coefficient (Wildman–Crippen LogP) is 3.83. The molecule has 2 aliphatic rings. The zero-order valence-corrected chi connectivity index (χ0v) is 12.2. The maximum absolute atomic E-state index is 11.9. The topological polar surface area (TPSA) is 52.6 Å². The molecule has 0 heterocycles. The summed E-state index contributed by atoms with van der Waals surface area (Å²) in [6.07, 6.45) is 6.96. The van der Waals surface area contributed by atoms with Crippen LogP contribution in [0.2, 0.25) is 0 Å². The van der Waals surface area contributed by atoms with Crippen molar-refractivity contribution in [1.29, 1.82) is 0 Å². The van der Waals surface area contributed by atoms with Gasteiger partial charge in [-0.25, -0.2) is 4.79 Å². The van der Waals surface area contributed by atoms with Crippen molar-refractivity contribution in [3.63, 3.8) is 0 Å². The van der Waals surface area contributed by atoms with Gasteiger partial charge in [-0.3, -0.25) is 4.79 Å². The summed E-state index contributed by atoms with van der Waals surface area (Å²) in [6, 6.07) is 0. The van der Waals surface area contributed by atoms with Crippen LogP contribution < -0.4 is 0 Å². The number of carbonyl (C=O) groups is 2. The van der Waals surface area contributed by atoms with Gasteiger partial charge in [0.15, 0.2) is 0 Å². The van der Waals surface area contributed by atoms with Crippen LogP contribution in [0.15, 0.2) is 0 Å². The Morgan fingerprint density at radius 1 is 1.05 bits per heavy atom. The third-order valence-electron chi connectivity index (χ3n) is 4.37. The first-order valence-electron chi connectivity index (χ1n) is 7.24. The number of hydrogen-bond acceptors (Lipinski definition) is 4. The normalized spacial score (nSPS) is 22.7. The lowest BCUT2D eigenvalue weighted by atomic mass is 9.59. The molecule has 0 atom stereocenters. The van der Waals surface area contributed by atoms with Crippen molar-refractivity contribution >= 4 is 12.1 Å². The smallest absolute Gasteiger partial charge is 0.428 e.